The molecule has 1 atom stereocenters. The van der Waals surface area contributed by atoms with Gasteiger partial charge in [-0.25, -0.2) is 9.97 Å². The number of hydrogen-bond donors (Lipinski definition) is 0. The summed E-state index contributed by atoms with van der Waals surface area (Å²) in [7, 11) is 0. The summed E-state index contributed by atoms with van der Waals surface area (Å²) in [5.41, 5.74) is 2.16. The molecule has 7 heteroatoms. The lowest BCUT2D eigenvalue weighted by atomic mass is 9.89. The van der Waals surface area contributed by atoms with Crippen LogP contribution < -0.4 is 0 Å². The van der Waals surface area contributed by atoms with Crippen LogP contribution >= 0.6 is 11.3 Å². The fourth-order valence-electron chi connectivity index (χ4n) is 3.93. The van der Waals surface area contributed by atoms with Crippen molar-refractivity contribution < 1.29 is 4.79 Å². The number of carbonyl (C=O) groups excluding carboxylic acids is 1. The Morgan fingerprint density at radius 3 is 2.89 bits per heavy atom. The number of amides is 1. The van der Waals surface area contributed by atoms with E-state index in [1.807, 2.05) is 18.7 Å². The fraction of sp³-hybridized carbons (Fsp3) is 0.600. The molecule has 1 aliphatic rings. The lowest BCUT2D eigenvalue weighted by molar-refractivity contribution is 0.0750. The first-order chi connectivity index (χ1) is 13.0. The third kappa shape index (κ3) is 3.12. The van der Waals surface area contributed by atoms with E-state index in [9.17, 15) is 4.79 Å². The van der Waals surface area contributed by atoms with Gasteiger partial charge in [0, 0.05) is 18.0 Å². The maximum Gasteiger partial charge on any atom is 0.293 e. The SMILES string of the molecule is CCCCN(CC)C(=O)c1nc2c3c4c(sc3nc(C)n2n1)CCC(C)C4. The molecule has 3 heterocycles. The Hall–Kier alpha value is -2.02. The van der Waals surface area contributed by atoms with E-state index in [0.29, 0.717) is 12.5 Å². The lowest BCUT2D eigenvalue weighted by Gasteiger charge is -2.18. The topological polar surface area (TPSA) is 63.4 Å². The largest absolute Gasteiger partial charge is 0.336 e. The van der Waals surface area contributed by atoms with E-state index < -0.39 is 0 Å². The summed E-state index contributed by atoms with van der Waals surface area (Å²) >= 11 is 1.78. The van der Waals surface area contributed by atoms with Gasteiger partial charge in [0.1, 0.15) is 10.7 Å². The summed E-state index contributed by atoms with van der Waals surface area (Å²) in [4.78, 5) is 26.7. The van der Waals surface area contributed by atoms with Gasteiger partial charge in [-0.3, -0.25) is 4.79 Å². The summed E-state index contributed by atoms with van der Waals surface area (Å²) < 4.78 is 1.76. The Kier molecular flexibility index (Phi) is 4.88. The fourth-order valence-corrected chi connectivity index (χ4v) is 5.19. The maximum absolute atomic E-state index is 12.9. The zero-order chi connectivity index (χ0) is 19.1. The van der Waals surface area contributed by atoms with Crippen molar-refractivity contribution >= 4 is 33.1 Å². The molecule has 0 spiro atoms. The van der Waals surface area contributed by atoms with Gasteiger partial charge in [0.25, 0.3) is 5.91 Å². The second-order valence-corrected chi connectivity index (χ2v) is 8.68. The molecule has 0 saturated carbocycles. The summed E-state index contributed by atoms with van der Waals surface area (Å²) in [6.07, 6.45) is 5.46. The lowest BCUT2D eigenvalue weighted by Crippen LogP contribution is -2.32. The summed E-state index contributed by atoms with van der Waals surface area (Å²) in [6, 6.07) is 0. The van der Waals surface area contributed by atoms with Gasteiger partial charge in [0.15, 0.2) is 5.65 Å². The van der Waals surface area contributed by atoms with Gasteiger partial charge >= 0.3 is 0 Å². The highest BCUT2D eigenvalue weighted by atomic mass is 32.1. The molecule has 27 heavy (non-hydrogen) atoms. The molecular weight excluding hydrogens is 358 g/mol. The quantitative estimate of drug-likeness (QED) is 0.665. The predicted molar refractivity (Wildman–Crippen MR) is 109 cm³/mol. The zero-order valence-electron chi connectivity index (χ0n) is 16.6. The predicted octanol–water partition coefficient (Wildman–Crippen LogP) is 4.03. The second kappa shape index (κ2) is 7.19. The van der Waals surface area contributed by atoms with Crippen molar-refractivity contribution in [1.82, 2.24) is 24.5 Å². The van der Waals surface area contributed by atoms with E-state index in [1.165, 1.54) is 16.9 Å². The molecular formula is C20H27N5OS. The van der Waals surface area contributed by atoms with Crippen LogP contribution in [0.5, 0.6) is 0 Å². The van der Waals surface area contributed by atoms with E-state index >= 15 is 0 Å². The smallest absolute Gasteiger partial charge is 0.293 e. The molecule has 3 aromatic rings. The Bertz CT molecular complexity index is 1010. The minimum absolute atomic E-state index is 0.0836. The number of aromatic nitrogens is 4. The monoisotopic (exact) mass is 385 g/mol. The van der Waals surface area contributed by atoms with Gasteiger partial charge in [0.2, 0.25) is 5.82 Å². The van der Waals surface area contributed by atoms with Gasteiger partial charge in [-0.2, -0.15) is 4.52 Å². The molecule has 4 rings (SSSR count). The minimum atomic E-state index is -0.0836. The van der Waals surface area contributed by atoms with Gasteiger partial charge in [-0.1, -0.05) is 20.3 Å². The van der Waals surface area contributed by atoms with E-state index in [4.69, 9.17) is 9.97 Å². The Morgan fingerprint density at radius 1 is 1.33 bits per heavy atom. The summed E-state index contributed by atoms with van der Waals surface area (Å²) in [5.74, 6) is 1.66. The third-order valence-corrected chi connectivity index (χ3v) is 6.72. The third-order valence-electron chi connectivity index (χ3n) is 5.53. The molecule has 0 saturated heterocycles. The summed E-state index contributed by atoms with van der Waals surface area (Å²) in [5, 5.41) is 5.65. The highest BCUT2D eigenvalue weighted by Gasteiger charge is 2.26. The normalized spacial score (nSPS) is 16.8. The van der Waals surface area contributed by atoms with Crippen LogP contribution in [0.4, 0.5) is 0 Å². The van der Waals surface area contributed by atoms with Crippen molar-refractivity contribution in [3.8, 4) is 0 Å². The van der Waals surface area contributed by atoms with Crippen LogP contribution in [0.2, 0.25) is 0 Å². The molecule has 1 amide bonds. The molecule has 0 aromatic carbocycles. The summed E-state index contributed by atoms with van der Waals surface area (Å²) in [6.45, 7) is 9.80. The van der Waals surface area contributed by atoms with Crippen LogP contribution in [0.3, 0.4) is 0 Å². The van der Waals surface area contributed by atoms with Crippen molar-refractivity contribution in [2.45, 2.75) is 59.8 Å². The van der Waals surface area contributed by atoms with Crippen molar-refractivity contribution in [2.24, 2.45) is 5.92 Å². The van der Waals surface area contributed by atoms with E-state index in [2.05, 4.69) is 18.9 Å². The van der Waals surface area contributed by atoms with E-state index in [-0.39, 0.29) is 11.7 Å². The number of fused-ring (bicyclic) bond motifs is 5. The number of carbonyl (C=O) groups is 1. The molecule has 0 radical (unpaired) electrons. The maximum atomic E-state index is 12.9. The average Bonchev–Trinajstić information content (AvgIpc) is 3.23. The molecule has 0 bridgehead atoms. The van der Waals surface area contributed by atoms with Crippen molar-refractivity contribution in [1.29, 1.82) is 0 Å². The van der Waals surface area contributed by atoms with E-state index in [0.717, 1.165) is 53.9 Å². The van der Waals surface area contributed by atoms with Crippen LogP contribution in [0.25, 0.3) is 15.9 Å². The van der Waals surface area contributed by atoms with Crippen LogP contribution in [0.15, 0.2) is 0 Å². The van der Waals surface area contributed by atoms with Crippen molar-refractivity contribution in [3.05, 3.63) is 22.1 Å². The molecule has 1 unspecified atom stereocenters. The number of nitrogens with zero attached hydrogens (tertiary/aromatic N) is 5. The number of unbranched alkanes of at least 4 members (excludes halogenated alkanes) is 1. The highest BCUT2D eigenvalue weighted by Crippen LogP contribution is 2.39. The van der Waals surface area contributed by atoms with Gasteiger partial charge in [0.05, 0.1) is 5.39 Å². The van der Waals surface area contributed by atoms with Crippen LogP contribution in [-0.2, 0) is 12.8 Å². The molecule has 1 aliphatic carbocycles. The molecule has 6 nitrogen and oxygen atoms in total. The van der Waals surface area contributed by atoms with Crippen molar-refractivity contribution in [2.75, 3.05) is 13.1 Å². The molecule has 0 aliphatic heterocycles. The Balaban J connectivity index is 1.84. The first-order valence-electron chi connectivity index (χ1n) is 10.00. The number of rotatable bonds is 5. The highest BCUT2D eigenvalue weighted by molar-refractivity contribution is 7.19. The second-order valence-electron chi connectivity index (χ2n) is 7.60. The van der Waals surface area contributed by atoms with Gasteiger partial charge in [-0.05, 0) is 51.0 Å². The first kappa shape index (κ1) is 18.3. The van der Waals surface area contributed by atoms with Crippen molar-refractivity contribution in [3.63, 3.8) is 0 Å². The molecule has 3 aromatic heterocycles. The van der Waals surface area contributed by atoms with Crippen LogP contribution in [0.1, 0.15) is 66.9 Å². The van der Waals surface area contributed by atoms with Gasteiger partial charge in [-0.15, -0.1) is 16.4 Å². The Morgan fingerprint density at radius 2 is 2.15 bits per heavy atom. The zero-order valence-corrected chi connectivity index (χ0v) is 17.4. The van der Waals surface area contributed by atoms with E-state index in [1.54, 1.807) is 15.9 Å². The molecule has 144 valence electrons. The van der Waals surface area contributed by atoms with Gasteiger partial charge < -0.3 is 4.90 Å². The van der Waals surface area contributed by atoms with Crippen LogP contribution in [0, 0.1) is 12.8 Å². The number of aryl methyl sites for hydroxylation is 2. The number of hydrogen-bond acceptors (Lipinski definition) is 5. The Labute approximate surface area is 163 Å². The first-order valence-corrected chi connectivity index (χ1v) is 10.8. The minimum Gasteiger partial charge on any atom is -0.336 e. The number of thiophene rings is 1. The van der Waals surface area contributed by atoms with Crippen LogP contribution in [-0.4, -0.2) is 43.5 Å². The molecule has 0 fully saturated rings. The standard InChI is InChI=1S/C20H27N5OS/c1-5-7-10-24(6-2)20(26)17-22-18-16-14-11-12(3)8-9-15(14)27-19(16)21-13(4)25(18)23-17/h12H,5-11H2,1-4H3. The average molecular weight is 386 g/mol. The molecule has 0 N–H and O–H groups in total.